The summed E-state index contributed by atoms with van der Waals surface area (Å²) in [5, 5.41) is 0. The highest BCUT2D eigenvalue weighted by atomic mass is 16.5. The number of hydrogen-bond acceptors (Lipinski definition) is 4. The number of carbonyl (C=O) groups is 1. The number of hydrogen-bond donors (Lipinski definition) is 0. The van der Waals surface area contributed by atoms with Crippen LogP contribution in [0, 0.1) is 6.92 Å². The molecule has 4 rings (SSSR count). The first-order valence-electron chi connectivity index (χ1n) is 12.6. The van der Waals surface area contributed by atoms with Crippen LogP contribution in [0.2, 0.25) is 0 Å². The largest absolute Gasteiger partial charge is 0.497 e. The van der Waals surface area contributed by atoms with Gasteiger partial charge in [-0.2, -0.15) is 0 Å². The van der Waals surface area contributed by atoms with Crippen LogP contribution in [-0.2, 0) is 22.5 Å². The number of amides is 1. The van der Waals surface area contributed by atoms with Gasteiger partial charge in [0.2, 0.25) is 5.91 Å². The third kappa shape index (κ3) is 5.75. The van der Waals surface area contributed by atoms with Gasteiger partial charge in [-0.1, -0.05) is 55.5 Å². The number of imidazole rings is 1. The van der Waals surface area contributed by atoms with Gasteiger partial charge in [-0.25, -0.2) is 4.98 Å². The van der Waals surface area contributed by atoms with E-state index in [1.807, 2.05) is 83.1 Å². The van der Waals surface area contributed by atoms with Crippen molar-refractivity contribution in [2.75, 3.05) is 25.7 Å². The predicted octanol–water partition coefficient (Wildman–Crippen LogP) is 6.15. The minimum Gasteiger partial charge on any atom is -0.497 e. The maximum absolute atomic E-state index is 14.1. The van der Waals surface area contributed by atoms with Gasteiger partial charge in [0.25, 0.3) is 0 Å². The minimum atomic E-state index is -0.128. The van der Waals surface area contributed by atoms with E-state index >= 15 is 0 Å². The molecule has 6 nitrogen and oxygen atoms in total. The Hall–Kier alpha value is -3.90. The Balaban J connectivity index is 1.74. The number of aryl methyl sites for hydroxylation is 2. The van der Waals surface area contributed by atoms with Crippen LogP contribution in [0.25, 0.3) is 23.2 Å². The van der Waals surface area contributed by atoms with E-state index in [4.69, 9.17) is 14.5 Å². The first kappa shape index (κ1) is 26.2. The van der Waals surface area contributed by atoms with E-state index in [1.165, 1.54) is 0 Å². The van der Waals surface area contributed by atoms with Gasteiger partial charge in [-0.3, -0.25) is 4.79 Å². The third-order valence-corrected chi connectivity index (χ3v) is 6.58. The van der Waals surface area contributed by atoms with Gasteiger partial charge in [-0.15, -0.1) is 0 Å². The Labute approximate surface area is 219 Å². The van der Waals surface area contributed by atoms with Crippen LogP contribution in [0.1, 0.15) is 36.4 Å². The zero-order valence-electron chi connectivity index (χ0n) is 22.3. The number of methoxy groups -OCH3 is 2. The first-order valence-corrected chi connectivity index (χ1v) is 12.6. The van der Waals surface area contributed by atoms with Gasteiger partial charge in [0.05, 0.1) is 36.5 Å². The molecule has 37 heavy (non-hydrogen) atoms. The smallest absolute Gasteiger partial charge is 0.247 e. The molecule has 4 aromatic rings. The molecular weight excluding hydrogens is 462 g/mol. The van der Waals surface area contributed by atoms with Crippen LogP contribution in [0.3, 0.4) is 0 Å². The average Bonchev–Trinajstić information content (AvgIpc) is 3.26. The molecule has 0 bridgehead atoms. The quantitative estimate of drug-likeness (QED) is 0.264. The van der Waals surface area contributed by atoms with Crippen molar-refractivity contribution < 1.29 is 14.3 Å². The molecule has 1 atom stereocenters. The molecule has 0 aliphatic carbocycles. The van der Waals surface area contributed by atoms with Crippen molar-refractivity contribution in [3.8, 4) is 5.75 Å². The summed E-state index contributed by atoms with van der Waals surface area (Å²) < 4.78 is 12.7. The van der Waals surface area contributed by atoms with Crippen molar-refractivity contribution in [1.82, 2.24) is 9.55 Å². The number of rotatable bonds is 10. The summed E-state index contributed by atoms with van der Waals surface area (Å²) in [7, 11) is 3.32. The second-order valence-corrected chi connectivity index (χ2v) is 9.16. The van der Waals surface area contributed by atoms with E-state index in [2.05, 4.69) is 26.0 Å². The van der Waals surface area contributed by atoms with Crippen molar-refractivity contribution in [2.45, 2.75) is 39.8 Å². The summed E-state index contributed by atoms with van der Waals surface area (Å²) in [6.07, 6.45) is 4.80. The SMILES string of the molecule is CCc1cccc(C)c1N(C(=O)Cn1c(C=Cc2ccc(OC)cc2)nc2ccccc21)C(C)COC. The molecule has 1 amide bonds. The van der Waals surface area contributed by atoms with Crippen molar-refractivity contribution >= 4 is 34.8 Å². The molecule has 0 fully saturated rings. The van der Waals surface area contributed by atoms with E-state index < -0.39 is 0 Å². The Kier molecular flexibility index (Phi) is 8.41. The summed E-state index contributed by atoms with van der Waals surface area (Å²) in [6, 6.07) is 21.8. The van der Waals surface area contributed by atoms with Crippen LogP contribution in [0.5, 0.6) is 5.75 Å². The van der Waals surface area contributed by atoms with Crippen LogP contribution in [0.4, 0.5) is 5.69 Å². The third-order valence-electron chi connectivity index (χ3n) is 6.58. The molecule has 0 aliphatic heterocycles. The summed E-state index contributed by atoms with van der Waals surface area (Å²) in [6.45, 7) is 6.81. The predicted molar refractivity (Wildman–Crippen MR) is 151 cm³/mol. The lowest BCUT2D eigenvalue weighted by Gasteiger charge is -2.32. The Morgan fingerprint density at radius 2 is 1.78 bits per heavy atom. The van der Waals surface area contributed by atoms with Gasteiger partial charge in [0.15, 0.2) is 0 Å². The summed E-state index contributed by atoms with van der Waals surface area (Å²) in [5.41, 5.74) is 5.99. The lowest BCUT2D eigenvalue weighted by molar-refractivity contribution is -0.119. The molecule has 1 aromatic heterocycles. The summed E-state index contributed by atoms with van der Waals surface area (Å²) >= 11 is 0. The number of carbonyl (C=O) groups excluding carboxylic acids is 1. The zero-order chi connectivity index (χ0) is 26.4. The lowest BCUT2D eigenvalue weighted by Crippen LogP contribution is -2.44. The van der Waals surface area contributed by atoms with E-state index in [0.29, 0.717) is 6.61 Å². The van der Waals surface area contributed by atoms with Crippen LogP contribution >= 0.6 is 0 Å². The number of para-hydroxylation sites is 3. The van der Waals surface area contributed by atoms with Gasteiger partial charge in [-0.05, 0) is 67.3 Å². The average molecular weight is 498 g/mol. The van der Waals surface area contributed by atoms with Gasteiger partial charge in [0, 0.05) is 7.11 Å². The zero-order valence-corrected chi connectivity index (χ0v) is 22.3. The second-order valence-electron chi connectivity index (χ2n) is 9.16. The van der Waals surface area contributed by atoms with E-state index in [0.717, 1.165) is 51.4 Å². The minimum absolute atomic E-state index is 0.00389. The standard InChI is InChI=1S/C31H35N3O3/c1-6-25-11-9-10-22(2)31(25)34(23(3)21-36-4)30(35)20-33-28-13-8-7-12-27(28)32-29(33)19-16-24-14-17-26(37-5)18-15-24/h7-19,23H,6,20-21H2,1-5H3. The van der Waals surface area contributed by atoms with Crippen molar-refractivity contribution in [3.63, 3.8) is 0 Å². The number of aromatic nitrogens is 2. The van der Waals surface area contributed by atoms with E-state index in [9.17, 15) is 4.79 Å². The Bertz CT molecular complexity index is 1390. The van der Waals surface area contributed by atoms with E-state index in [-0.39, 0.29) is 18.5 Å². The summed E-state index contributed by atoms with van der Waals surface area (Å²) in [4.78, 5) is 20.8. The first-order chi connectivity index (χ1) is 18.0. The van der Waals surface area contributed by atoms with E-state index in [1.54, 1.807) is 14.2 Å². The molecule has 1 unspecified atom stereocenters. The fourth-order valence-electron chi connectivity index (χ4n) is 4.74. The van der Waals surface area contributed by atoms with Gasteiger partial charge >= 0.3 is 0 Å². The fourth-order valence-corrected chi connectivity index (χ4v) is 4.74. The fraction of sp³-hybridized carbons (Fsp3) is 0.290. The molecule has 3 aromatic carbocycles. The monoisotopic (exact) mass is 497 g/mol. The lowest BCUT2D eigenvalue weighted by atomic mass is 10.0. The number of ether oxygens (including phenoxy) is 2. The van der Waals surface area contributed by atoms with Crippen LogP contribution in [0.15, 0.2) is 66.7 Å². The number of nitrogens with zero attached hydrogens (tertiary/aromatic N) is 3. The highest BCUT2D eigenvalue weighted by molar-refractivity contribution is 5.96. The van der Waals surface area contributed by atoms with Crippen molar-refractivity contribution in [1.29, 1.82) is 0 Å². The second kappa shape index (κ2) is 11.9. The molecule has 6 heteroatoms. The maximum atomic E-state index is 14.1. The van der Waals surface area contributed by atoms with Crippen LogP contribution < -0.4 is 9.64 Å². The molecular formula is C31H35N3O3. The van der Waals surface area contributed by atoms with Gasteiger partial charge in [0.1, 0.15) is 18.1 Å². The molecule has 0 spiro atoms. The van der Waals surface area contributed by atoms with Crippen molar-refractivity contribution in [3.05, 3.63) is 89.2 Å². The highest BCUT2D eigenvalue weighted by Crippen LogP contribution is 2.29. The molecule has 0 radical (unpaired) electrons. The molecule has 0 saturated heterocycles. The number of benzene rings is 3. The molecule has 0 saturated carbocycles. The highest BCUT2D eigenvalue weighted by Gasteiger charge is 2.26. The molecule has 1 heterocycles. The maximum Gasteiger partial charge on any atom is 0.247 e. The summed E-state index contributed by atoms with van der Waals surface area (Å²) in [5.74, 6) is 1.53. The van der Waals surface area contributed by atoms with Gasteiger partial charge < -0.3 is 18.9 Å². The molecule has 0 N–H and O–H groups in total. The van der Waals surface area contributed by atoms with Crippen molar-refractivity contribution in [2.24, 2.45) is 0 Å². The molecule has 0 aliphatic rings. The topological polar surface area (TPSA) is 56.6 Å². The Morgan fingerprint density at radius 3 is 2.49 bits per heavy atom. The van der Waals surface area contributed by atoms with Crippen LogP contribution in [-0.4, -0.2) is 42.3 Å². The number of anilines is 1. The Morgan fingerprint density at radius 1 is 1.03 bits per heavy atom. The molecule has 192 valence electrons. The number of fused-ring (bicyclic) bond motifs is 1. The normalized spacial score (nSPS) is 12.2.